The zero-order valence-corrected chi connectivity index (χ0v) is 9.46. The Bertz CT molecular complexity index is 486. The highest BCUT2D eigenvalue weighted by atomic mass is 16.3. The van der Waals surface area contributed by atoms with E-state index in [1.165, 1.54) is 6.08 Å². The van der Waals surface area contributed by atoms with Gasteiger partial charge >= 0.3 is 0 Å². The van der Waals surface area contributed by atoms with Gasteiger partial charge in [0.15, 0.2) is 0 Å². The second-order valence-corrected chi connectivity index (χ2v) is 3.58. The van der Waals surface area contributed by atoms with Crippen molar-refractivity contribution in [2.45, 2.75) is 6.54 Å². The summed E-state index contributed by atoms with van der Waals surface area (Å²) in [6, 6.07) is 3.56. The van der Waals surface area contributed by atoms with E-state index in [2.05, 4.69) is 9.97 Å². The highest BCUT2D eigenvalue weighted by Crippen LogP contribution is 2.03. The average Bonchev–Trinajstić information content (AvgIpc) is 2.98. The third-order valence-electron chi connectivity index (χ3n) is 2.25. The van der Waals surface area contributed by atoms with Gasteiger partial charge in [0, 0.05) is 25.5 Å². The van der Waals surface area contributed by atoms with Crippen LogP contribution in [0.4, 0.5) is 0 Å². The first-order valence-electron chi connectivity index (χ1n) is 5.20. The Kier molecular flexibility index (Phi) is 3.40. The molecule has 1 amide bonds. The molecule has 88 valence electrons. The number of nitrogens with zero attached hydrogens (tertiary/aromatic N) is 2. The zero-order chi connectivity index (χ0) is 12.1. The highest BCUT2D eigenvalue weighted by molar-refractivity contribution is 5.91. The summed E-state index contributed by atoms with van der Waals surface area (Å²) in [5.74, 6) is 1.31. The van der Waals surface area contributed by atoms with Crippen LogP contribution < -0.4 is 0 Å². The summed E-state index contributed by atoms with van der Waals surface area (Å²) in [5.41, 5.74) is 0. The Labute approximate surface area is 98.8 Å². The van der Waals surface area contributed by atoms with Crippen LogP contribution in [0.3, 0.4) is 0 Å². The van der Waals surface area contributed by atoms with Crippen molar-refractivity contribution in [1.82, 2.24) is 14.9 Å². The lowest BCUT2D eigenvalue weighted by Crippen LogP contribution is -2.24. The van der Waals surface area contributed by atoms with E-state index in [0.29, 0.717) is 12.3 Å². The molecule has 0 aliphatic heterocycles. The predicted octanol–water partition coefficient (Wildman–Crippen LogP) is 1.67. The number of hydrogen-bond donors (Lipinski definition) is 1. The third kappa shape index (κ3) is 3.07. The second-order valence-electron chi connectivity index (χ2n) is 3.58. The van der Waals surface area contributed by atoms with Gasteiger partial charge < -0.3 is 14.3 Å². The molecule has 2 aromatic rings. The minimum absolute atomic E-state index is 0.0993. The molecule has 5 heteroatoms. The number of rotatable bonds is 4. The first-order chi connectivity index (χ1) is 8.25. The molecular formula is C12H13N3O2. The van der Waals surface area contributed by atoms with Crippen molar-refractivity contribution < 1.29 is 9.21 Å². The summed E-state index contributed by atoms with van der Waals surface area (Å²) in [6.45, 7) is 0.453. The van der Waals surface area contributed by atoms with Crippen molar-refractivity contribution in [2.75, 3.05) is 7.05 Å². The molecule has 0 spiro atoms. The Morgan fingerprint density at radius 3 is 3.18 bits per heavy atom. The van der Waals surface area contributed by atoms with E-state index in [9.17, 15) is 4.79 Å². The standard InChI is InChI=1S/C12H13N3O2/c1-15(9-11-13-6-7-14-11)12(16)5-4-10-3-2-8-17-10/h2-8H,9H2,1H3,(H,13,14). The largest absolute Gasteiger partial charge is 0.465 e. The van der Waals surface area contributed by atoms with E-state index in [1.54, 1.807) is 48.8 Å². The van der Waals surface area contributed by atoms with Gasteiger partial charge in [-0.1, -0.05) is 0 Å². The molecule has 0 fully saturated rings. The topological polar surface area (TPSA) is 62.1 Å². The molecule has 1 N–H and O–H groups in total. The lowest BCUT2D eigenvalue weighted by atomic mass is 10.3. The summed E-state index contributed by atoms with van der Waals surface area (Å²) in [4.78, 5) is 20.3. The minimum atomic E-state index is -0.0993. The van der Waals surface area contributed by atoms with Crippen molar-refractivity contribution in [1.29, 1.82) is 0 Å². The molecule has 0 radical (unpaired) electrons. The third-order valence-corrected chi connectivity index (χ3v) is 2.25. The number of hydrogen-bond acceptors (Lipinski definition) is 3. The van der Waals surface area contributed by atoms with Crippen LogP contribution in [0.25, 0.3) is 6.08 Å². The van der Waals surface area contributed by atoms with Crippen LogP contribution in [0.2, 0.25) is 0 Å². The van der Waals surface area contributed by atoms with Crippen LogP contribution in [-0.2, 0) is 11.3 Å². The fourth-order valence-corrected chi connectivity index (χ4v) is 1.35. The number of furan rings is 1. The van der Waals surface area contributed by atoms with E-state index < -0.39 is 0 Å². The SMILES string of the molecule is CN(Cc1ncc[nH]1)C(=O)C=Cc1ccco1. The van der Waals surface area contributed by atoms with Gasteiger partial charge in [-0.05, 0) is 18.2 Å². The molecule has 0 atom stereocenters. The maximum atomic E-state index is 11.7. The van der Waals surface area contributed by atoms with Crippen molar-refractivity contribution in [2.24, 2.45) is 0 Å². The fourth-order valence-electron chi connectivity index (χ4n) is 1.35. The van der Waals surface area contributed by atoms with Gasteiger partial charge in [-0.3, -0.25) is 4.79 Å². The van der Waals surface area contributed by atoms with Crippen molar-refractivity contribution >= 4 is 12.0 Å². The van der Waals surface area contributed by atoms with Gasteiger partial charge in [-0.2, -0.15) is 0 Å². The van der Waals surface area contributed by atoms with Crippen LogP contribution in [0.15, 0.2) is 41.3 Å². The number of aromatic amines is 1. The van der Waals surface area contributed by atoms with Gasteiger partial charge in [0.1, 0.15) is 11.6 Å². The Balaban J connectivity index is 1.91. The van der Waals surface area contributed by atoms with Gasteiger partial charge in [-0.15, -0.1) is 0 Å². The lowest BCUT2D eigenvalue weighted by Gasteiger charge is -2.12. The van der Waals surface area contributed by atoms with Crippen molar-refractivity contribution in [3.8, 4) is 0 Å². The lowest BCUT2D eigenvalue weighted by molar-refractivity contribution is -0.125. The molecule has 2 aromatic heterocycles. The van der Waals surface area contributed by atoms with Gasteiger partial charge in [-0.25, -0.2) is 4.98 Å². The minimum Gasteiger partial charge on any atom is -0.465 e. The zero-order valence-electron chi connectivity index (χ0n) is 9.46. The number of nitrogens with one attached hydrogen (secondary N) is 1. The number of likely N-dealkylation sites (N-methyl/N-ethyl adjacent to an activating group) is 1. The molecule has 0 bridgehead atoms. The Morgan fingerprint density at radius 2 is 2.53 bits per heavy atom. The quantitative estimate of drug-likeness (QED) is 0.814. The number of carbonyl (C=O) groups excluding carboxylic acids is 1. The van der Waals surface area contributed by atoms with E-state index in [-0.39, 0.29) is 5.91 Å². The summed E-state index contributed by atoms with van der Waals surface area (Å²) in [5, 5.41) is 0. The molecule has 0 aliphatic rings. The molecule has 2 rings (SSSR count). The summed E-state index contributed by atoms with van der Waals surface area (Å²) in [7, 11) is 1.72. The first kappa shape index (κ1) is 11.2. The van der Waals surface area contributed by atoms with E-state index in [0.717, 1.165) is 5.82 Å². The highest BCUT2D eigenvalue weighted by Gasteiger charge is 2.06. The monoisotopic (exact) mass is 231 g/mol. The molecule has 0 aromatic carbocycles. The number of H-pyrrole nitrogens is 1. The summed E-state index contributed by atoms with van der Waals surface area (Å²) < 4.78 is 5.09. The van der Waals surface area contributed by atoms with Crippen LogP contribution in [0.5, 0.6) is 0 Å². The van der Waals surface area contributed by atoms with Gasteiger partial charge in [0.05, 0.1) is 12.8 Å². The summed E-state index contributed by atoms with van der Waals surface area (Å²) >= 11 is 0. The van der Waals surface area contributed by atoms with E-state index in [1.807, 2.05) is 0 Å². The smallest absolute Gasteiger partial charge is 0.246 e. The molecule has 17 heavy (non-hydrogen) atoms. The van der Waals surface area contributed by atoms with Crippen molar-refractivity contribution in [3.05, 3.63) is 48.5 Å². The number of amides is 1. The Hall–Kier alpha value is -2.30. The second kappa shape index (κ2) is 5.16. The van der Waals surface area contributed by atoms with Crippen LogP contribution in [0, 0.1) is 0 Å². The Morgan fingerprint density at radius 1 is 1.65 bits per heavy atom. The number of imidazole rings is 1. The van der Waals surface area contributed by atoms with Crippen LogP contribution in [0.1, 0.15) is 11.6 Å². The average molecular weight is 231 g/mol. The maximum Gasteiger partial charge on any atom is 0.246 e. The molecule has 0 unspecified atom stereocenters. The fraction of sp³-hybridized carbons (Fsp3) is 0.167. The van der Waals surface area contributed by atoms with Gasteiger partial charge in [0.2, 0.25) is 5.91 Å². The number of carbonyl (C=O) groups is 1. The number of aromatic nitrogens is 2. The maximum absolute atomic E-state index is 11.7. The van der Waals surface area contributed by atoms with Crippen LogP contribution in [-0.4, -0.2) is 27.8 Å². The molecule has 0 aliphatic carbocycles. The van der Waals surface area contributed by atoms with Crippen molar-refractivity contribution in [3.63, 3.8) is 0 Å². The summed E-state index contributed by atoms with van der Waals surface area (Å²) in [6.07, 6.45) is 8.07. The van der Waals surface area contributed by atoms with Crippen LogP contribution >= 0.6 is 0 Å². The van der Waals surface area contributed by atoms with Gasteiger partial charge in [0.25, 0.3) is 0 Å². The van der Waals surface area contributed by atoms with E-state index >= 15 is 0 Å². The molecular weight excluding hydrogens is 218 g/mol. The van der Waals surface area contributed by atoms with E-state index in [4.69, 9.17) is 4.42 Å². The molecule has 0 saturated heterocycles. The molecule has 2 heterocycles. The predicted molar refractivity (Wildman–Crippen MR) is 62.8 cm³/mol. The first-order valence-corrected chi connectivity index (χ1v) is 5.20. The molecule has 5 nitrogen and oxygen atoms in total. The molecule has 0 saturated carbocycles. The normalized spacial score (nSPS) is 10.9.